The minimum absolute atomic E-state index is 0.0161. The van der Waals surface area contributed by atoms with E-state index in [1.54, 1.807) is 24.3 Å². The summed E-state index contributed by atoms with van der Waals surface area (Å²) in [7, 11) is 0. The first-order valence-corrected chi connectivity index (χ1v) is 6.79. The Bertz CT molecular complexity index is 721. The van der Waals surface area contributed by atoms with Crippen LogP contribution in [0, 0.1) is 0 Å². The second kappa shape index (κ2) is 7.41. The van der Waals surface area contributed by atoms with E-state index in [0.717, 1.165) is 0 Å². The van der Waals surface area contributed by atoms with Crippen molar-refractivity contribution in [2.75, 3.05) is 6.54 Å². The fraction of sp³-hybridized carbons (Fsp3) is 0.286. The minimum atomic E-state index is -1.10. The summed E-state index contributed by atoms with van der Waals surface area (Å²) < 4.78 is 0. The number of aliphatic hydroxyl groups excluding tert-OH is 2. The van der Waals surface area contributed by atoms with E-state index in [2.05, 4.69) is 20.2 Å². The number of hydrogen-bond acceptors (Lipinski definition) is 5. The van der Waals surface area contributed by atoms with Crippen LogP contribution < -0.4 is 0 Å². The van der Waals surface area contributed by atoms with Crippen molar-refractivity contribution in [2.45, 2.75) is 18.6 Å². The molecule has 120 valence electrons. The molecule has 2 unspecified atom stereocenters. The molecule has 0 aliphatic rings. The van der Waals surface area contributed by atoms with Gasteiger partial charge in [-0.25, -0.2) is 4.79 Å². The van der Waals surface area contributed by atoms with Crippen LogP contribution >= 0.6 is 0 Å². The zero-order valence-corrected chi connectivity index (χ0v) is 12.0. The predicted molar refractivity (Wildman–Crippen MR) is 80.6 cm³/mol. The molecular weight excluding hydrogens is 302 g/mol. The van der Waals surface area contributed by atoms with E-state index in [1.165, 1.54) is 6.07 Å². The SMILES string of the molecule is [N-]=[N+]=NCCC(O)C(O)c1ccc(-c2cc(C(=O)O)[nH]n2)cc1. The fourth-order valence-electron chi connectivity index (χ4n) is 2.04. The van der Waals surface area contributed by atoms with Crippen molar-refractivity contribution < 1.29 is 20.1 Å². The third kappa shape index (κ3) is 4.07. The molecule has 0 saturated carbocycles. The van der Waals surface area contributed by atoms with Crippen molar-refractivity contribution in [3.05, 3.63) is 52.0 Å². The molecule has 0 fully saturated rings. The number of aromatic nitrogens is 2. The number of azide groups is 1. The maximum atomic E-state index is 10.8. The Morgan fingerprint density at radius 2 is 2.04 bits per heavy atom. The molecule has 2 aromatic rings. The molecule has 0 amide bonds. The van der Waals surface area contributed by atoms with Crippen LogP contribution in [0.1, 0.15) is 28.6 Å². The van der Waals surface area contributed by atoms with Gasteiger partial charge in [-0.15, -0.1) is 0 Å². The van der Waals surface area contributed by atoms with Crippen LogP contribution in [-0.2, 0) is 0 Å². The van der Waals surface area contributed by atoms with Crippen molar-refractivity contribution in [2.24, 2.45) is 5.11 Å². The van der Waals surface area contributed by atoms with Gasteiger partial charge in [-0.3, -0.25) is 5.10 Å². The Morgan fingerprint density at radius 1 is 1.35 bits per heavy atom. The summed E-state index contributed by atoms with van der Waals surface area (Å²) in [6.45, 7) is 0.0953. The standard InChI is InChI=1S/C14H15N5O4/c15-19-16-6-5-12(20)13(21)9-3-1-8(2-4-9)10-7-11(14(22)23)18-17-10/h1-4,7,12-13,20-21H,5-6H2,(H,17,18)(H,22,23). The van der Waals surface area contributed by atoms with Crippen LogP contribution in [0.15, 0.2) is 35.4 Å². The van der Waals surface area contributed by atoms with E-state index in [0.29, 0.717) is 16.8 Å². The average Bonchev–Trinajstić information content (AvgIpc) is 3.05. The molecule has 0 aliphatic heterocycles. The molecule has 2 rings (SSSR count). The van der Waals surface area contributed by atoms with Crippen molar-refractivity contribution >= 4 is 5.97 Å². The number of hydrogen-bond donors (Lipinski definition) is 4. The molecule has 1 heterocycles. The maximum Gasteiger partial charge on any atom is 0.353 e. The third-order valence-electron chi connectivity index (χ3n) is 3.31. The van der Waals surface area contributed by atoms with Gasteiger partial charge in [0.25, 0.3) is 0 Å². The number of aliphatic hydroxyl groups is 2. The van der Waals surface area contributed by atoms with Crippen molar-refractivity contribution in [3.63, 3.8) is 0 Å². The van der Waals surface area contributed by atoms with Gasteiger partial charge in [-0.2, -0.15) is 5.10 Å². The molecule has 1 aromatic heterocycles. The number of benzene rings is 1. The molecule has 23 heavy (non-hydrogen) atoms. The number of carboxylic acid groups (broad SMARTS) is 1. The lowest BCUT2D eigenvalue weighted by Gasteiger charge is -2.17. The van der Waals surface area contributed by atoms with Gasteiger partial charge in [0, 0.05) is 17.0 Å². The first-order chi connectivity index (χ1) is 11.0. The van der Waals surface area contributed by atoms with Crippen LogP contribution in [-0.4, -0.2) is 44.1 Å². The number of carbonyl (C=O) groups is 1. The molecular formula is C14H15N5O4. The van der Waals surface area contributed by atoms with Crippen LogP contribution in [0.2, 0.25) is 0 Å². The Hall–Kier alpha value is -2.87. The number of H-pyrrole nitrogens is 1. The summed E-state index contributed by atoms with van der Waals surface area (Å²) in [5.41, 5.74) is 9.80. The van der Waals surface area contributed by atoms with Gasteiger partial charge in [0.2, 0.25) is 0 Å². The summed E-state index contributed by atoms with van der Waals surface area (Å²) in [4.78, 5) is 13.4. The largest absolute Gasteiger partial charge is 0.477 e. The number of rotatable bonds is 7. The summed E-state index contributed by atoms with van der Waals surface area (Å²) in [5.74, 6) is -1.10. The molecule has 0 bridgehead atoms. The molecule has 2 atom stereocenters. The second-order valence-electron chi connectivity index (χ2n) is 4.85. The smallest absolute Gasteiger partial charge is 0.353 e. The van der Waals surface area contributed by atoms with Crippen LogP contribution in [0.5, 0.6) is 0 Å². The molecule has 0 spiro atoms. The number of aromatic carboxylic acids is 1. The molecule has 4 N–H and O–H groups in total. The van der Waals surface area contributed by atoms with E-state index in [4.69, 9.17) is 10.6 Å². The zero-order chi connectivity index (χ0) is 16.8. The molecule has 0 radical (unpaired) electrons. The molecule has 1 aromatic carbocycles. The Balaban J connectivity index is 2.08. The maximum absolute atomic E-state index is 10.8. The first kappa shape index (κ1) is 16.5. The third-order valence-corrected chi connectivity index (χ3v) is 3.31. The van der Waals surface area contributed by atoms with Gasteiger partial charge < -0.3 is 15.3 Å². The van der Waals surface area contributed by atoms with Crippen LogP contribution in [0.4, 0.5) is 0 Å². The Morgan fingerprint density at radius 3 is 2.61 bits per heavy atom. The van der Waals surface area contributed by atoms with Crippen molar-refractivity contribution in [1.29, 1.82) is 0 Å². The lowest BCUT2D eigenvalue weighted by Crippen LogP contribution is -2.19. The van der Waals surface area contributed by atoms with Gasteiger partial charge in [-0.1, -0.05) is 29.4 Å². The Labute approximate surface area is 130 Å². The highest BCUT2D eigenvalue weighted by molar-refractivity contribution is 5.86. The molecule has 0 saturated heterocycles. The summed E-state index contributed by atoms with van der Waals surface area (Å²) >= 11 is 0. The van der Waals surface area contributed by atoms with Gasteiger partial charge in [-0.05, 0) is 23.6 Å². The highest BCUT2D eigenvalue weighted by atomic mass is 16.4. The van der Waals surface area contributed by atoms with Crippen molar-refractivity contribution in [1.82, 2.24) is 10.2 Å². The average molecular weight is 317 g/mol. The monoisotopic (exact) mass is 317 g/mol. The lowest BCUT2D eigenvalue weighted by molar-refractivity contribution is 0.0150. The number of carboxylic acids is 1. The van der Waals surface area contributed by atoms with E-state index in [-0.39, 0.29) is 18.7 Å². The minimum Gasteiger partial charge on any atom is -0.477 e. The summed E-state index contributed by atoms with van der Waals surface area (Å²) in [5, 5.41) is 38.3. The van der Waals surface area contributed by atoms with E-state index in [9.17, 15) is 15.0 Å². The quantitative estimate of drug-likeness (QED) is 0.348. The molecule has 9 nitrogen and oxygen atoms in total. The molecule has 0 aliphatic carbocycles. The van der Waals surface area contributed by atoms with Crippen molar-refractivity contribution in [3.8, 4) is 11.3 Å². The van der Waals surface area contributed by atoms with Gasteiger partial charge in [0.1, 0.15) is 11.8 Å². The van der Waals surface area contributed by atoms with E-state index < -0.39 is 18.2 Å². The van der Waals surface area contributed by atoms with Crippen LogP contribution in [0.3, 0.4) is 0 Å². The number of nitrogens with zero attached hydrogens (tertiary/aromatic N) is 4. The zero-order valence-electron chi connectivity index (χ0n) is 12.0. The number of nitrogens with one attached hydrogen (secondary N) is 1. The number of aromatic amines is 1. The predicted octanol–water partition coefficient (Wildman–Crippen LogP) is 1.87. The van der Waals surface area contributed by atoms with Gasteiger partial charge >= 0.3 is 5.97 Å². The molecule has 9 heteroatoms. The van der Waals surface area contributed by atoms with E-state index in [1.807, 2.05) is 0 Å². The van der Waals surface area contributed by atoms with Crippen LogP contribution in [0.25, 0.3) is 21.7 Å². The highest BCUT2D eigenvalue weighted by Crippen LogP contribution is 2.23. The second-order valence-corrected chi connectivity index (χ2v) is 4.85. The highest BCUT2D eigenvalue weighted by Gasteiger charge is 2.18. The summed E-state index contributed by atoms with van der Waals surface area (Å²) in [6, 6.07) is 7.97. The first-order valence-electron chi connectivity index (χ1n) is 6.79. The van der Waals surface area contributed by atoms with E-state index >= 15 is 0 Å². The topological polar surface area (TPSA) is 155 Å². The fourth-order valence-corrected chi connectivity index (χ4v) is 2.04. The van der Waals surface area contributed by atoms with Gasteiger partial charge in [0.15, 0.2) is 0 Å². The lowest BCUT2D eigenvalue weighted by atomic mass is 10.00. The summed E-state index contributed by atoms with van der Waals surface area (Å²) in [6.07, 6.45) is -2.00. The Kier molecular flexibility index (Phi) is 5.32. The van der Waals surface area contributed by atoms with Gasteiger partial charge in [0.05, 0.1) is 11.8 Å². The normalized spacial score (nSPS) is 13.1.